The second-order valence-corrected chi connectivity index (χ2v) is 5.84. The van der Waals surface area contributed by atoms with E-state index < -0.39 is 0 Å². The molecule has 0 spiro atoms. The molecule has 0 saturated carbocycles. The zero-order chi connectivity index (χ0) is 17.3. The summed E-state index contributed by atoms with van der Waals surface area (Å²) in [6.45, 7) is 7.88. The third kappa shape index (κ3) is 3.03. The largest absolute Gasteiger partial charge is 0.311 e. The van der Waals surface area contributed by atoms with Gasteiger partial charge in [0.2, 0.25) is 6.41 Å². The van der Waals surface area contributed by atoms with Crippen molar-refractivity contribution < 1.29 is 4.79 Å². The Bertz CT molecular complexity index is 955. The van der Waals surface area contributed by atoms with Gasteiger partial charge in [0.1, 0.15) is 5.69 Å². The molecule has 0 aliphatic heterocycles. The van der Waals surface area contributed by atoms with Crippen molar-refractivity contribution in [3.05, 3.63) is 58.7 Å². The smallest absolute Gasteiger partial charge is 0.212 e. The maximum atomic E-state index is 11.0. The first kappa shape index (κ1) is 15.9. The van der Waals surface area contributed by atoms with Gasteiger partial charge in [0.15, 0.2) is 5.84 Å². The number of aryl methyl sites for hydroxylation is 4. The fourth-order valence-corrected chi connectivity index (χ4v) is 2.68. The summed E-state index contributed by atoms with van der Waals surface area (Å²) in [6, 6.07) is 7.86. The molecule has 2 heterocycles. The Morgan fingerprint density at radius 2 is 2.00 bits per heavy atom. The molecule has 0 bridgehead atoms. The van der Waals surface area contributed by atoms with Crippen LogP contribution in [0.5, 0.6) is 0 Å². The van der Waals surface area contributed by atoms with Crippen LogP contribution < -0.4 is 5.32 Å². The van der Waals surface area contributed by atoms with Gasteiger partial charge in [0, 0.05) is 0 Å². The van der Waals surface area contributed by atoms with Crippen molar-refractivity contribution in [3.8, 4) is 0 Å². The number of benzene rings is 1. The minimum Gasteiger partial charge on any atom is -0.311 e. The lowest BCUT2D eigenvalue weighted by Crippen LogP contribution is -2.23. The van der Waals surface area contributed by atoms with Crippen LogP contribution in [0.1, 0.15) is 28.2 Å². The molecular weight excluding hydrogens is 302 g/mol. The van der Waals surface area contributed by atoms with Gasteiger partial charge in [-0.05, 0) is 45.4 Å². The van der Waals surface area contributed by atoms with E-state index in [4.69, 9.17) is 0 Å². The lowest BCUT2D eigenvalue weighted by Gasteiger charge is -2.05. The Morgan fingerprint density at radius 1 is 1.21 bits per heavy atom. The number of hydrogen-bond donors (Lipinski definition) is 1. The van der Waals surface area contributed by atoms with Crippen LogP contribution in [0.15, 0.2) is 35.5 Å². The Kier molecular flexibility index (Phi) is 4.12. The third-order valence-electron chi connectivity index (χ3n) is 3.78. The molecule has 0 fully saturated rings. The van der Waals surface area contributed by atoms with E-state index >= 15 is 0 Å². The molecule has 6 nitrogen and oxygen atoms in total. The Hall–Kier alpha value is -3.02. The van der Waals surface area contributed by atoms with Crippen molar-refractivity contribution in [2.75, 3.05) is 0 Å². The topological polar surface area (TPSA) is 71.7 Å². The average Bonchev–Trinajstić information content (AvgIpc) is 2.93. The van der Waals surface area contributed by atoms with E-state index in [1.165, 1.54) is 5.56 Å². The number of rotatable bonds is 3. The van der Waals surface area contributed by atoms with E-state index in [-0.39, 0.29) is 0 Å². The average molecular weight is 321 g/mol. The summed E-state index contributed by atoms with van der Waals surface area (Å²) >= 11 is 0. The van der Waals surface area contributed by atoms with Crippen LogP contribution in [0.25, 0.3) is 5.52 Å². The van der Waals surface area contributed by atoms with E-state index in [0.717, 1.165) is 28.2 Å². The molecule has 122 valence electrons. The van der Waals surface area contributed by atoms with Crippen molar-refractivity contribution in [1.29, 1.82) is 0 Å². The standard InChI is InChI=1S/C18H19N5O/c1-11-5-6-15(12(2)7-11)21-18(19-10-24)16-8-17-14(4)20-13(3)9-23(17)22-16/h5-10H,1-4H3,(H,19,21,24). The van der Waals surface area contributed by atoms with Gasteiger partial charge in [-0.1, -0.05) is 17.7 Å². The van der Waals surface area contributed by atoms with Crippen LogP contribution in [0.2, 0.25) is 0 Å². The fraction of sp³-hybridized carbons (Fsp3) is 0.222. The molecule has 0 unspecified atom stereocenters. The normalized spacial score (nSPS) is 11.8. The molecule has 6 heteroatoms. The first-order valence-corrected chi connectivity index (χ1v) is 7.68. The molecule has 1 N–H and O–H groups in total. The number of nitrogens with one attached hydrogen (secondary N) is 1. The minimum atomic E-state index is 0.415. The highest BCUT2D eigenvalue weighted by atomic mass is 16.1. The van der Waals surface area contributed by atoms with Crippen molar-refractivity contribution in [3.63, 3.8) is 0 Å². The first-order valence-electron chi connectivity index (χ1n) is 7.68. The highest BCUT2D eigenvalue weighted by molar-refractivity contribution is 6.04. The molecule has 3 rings (SSSR count). The minimum absolute atomic E-state index is 0.415. The Morgan fingerprint density at radius 3 is 2.71 bits per heavy atom. The SMILES string of the molecule is Cc1ccc(/N=C(\NC=O)c2cc3c(C)nc(C)cn3n2)c(C)c1. The molecule has 1 amide bonds. The molecule has 3 aromatic rings. The van der Waals surface area contributed by atoms with Gasteiger partial charge in [0.25, 0.3) is 0 Å². The van der Waals surface area contributed by atoms with E-state index in [0.29, 0.717) is 17.9 Å². The van der Waals surface area contributed by atoms with E-state index in [1.807, 2.05) is 52.1 Å². The summed E-state index contributed by atoms with van der Waals surface area (Å²) in [4.78, 5) is 20.0. The van der Waals surface area contributed by atoms with Crippen molar-refractivity contribution in [2.45, 2.75) is 27.7 Å². The first-order chi connectivity index (χ1) is 11.5. The molecule has 0 atom stereocenters. The predicted octanol–water partition coefficient (Wildman–Crippen LogP) is 2.79. The quantitative estimate of drug-likeness (QED) is 0.458. The monoisotopic (exact) mass is 321 g/mol. The number of fused-ring (bicyclic) bond motifs is 1. The van der Waals surface area contributed by atoms with Crippen molar-refractivity contribution in [2.24, 2.45) is 4.99 Å². The summed E-state index contributed by atoms with van der Waals surface area (Å²) in [5, 5.41) is 7.18. The van der Waals surface area contributed by atoms with Crippen LogP contribution >= 0.6 is 0 Å². The van der Waals surface area contributed by atoms with E-state index in [2.05, 4.69) is 26.5 Å². The maximum Gasteiger partial charge on any atom is 0.212 e. The highest BCUT2D eigenvalue weighted by Crippen LogP contribution is 2.21. The van der Waals surface area contributed by atoms with Gasteiger partial charge in [-0.15, -0.1) is 0 Å². The summed E-state index contributed by atoms with van der Waals surface area (Å²) in [6.07, 6.45) is 2.46. The van der Waals surface area contributed by atoms with Gasteiger partial charge in [0.05, 0.1) is 28.8 Å². The van der Waals surface area contributed by atoms with Gasteiger partial charge < -0.3 is 5.32 Å². The number of amides is 1. The third-order valence-corrected chi connectivity index (χ3v) is 3.78. The van der Waals surface area contributed by atoms with Crippen LogP contribution in [0.3, 0.4) is 0 Å². The van der Waals surface area contributed by atoms with Crippen LogP contribution in [-0.2, 0) is 4.79 Å². The zero-order valence-corrected chi connectivity index (χ0v) is 14.2. The van der Waals surface area contributed by atoms with Crippen molar-refractivity contribution in [1.82, 2.24) is 19.9 Å². The fourth-order valence-electron chi connectivity index (χ4n) is 2.68. The van der Waals surface area contributed by atoms with Gasteiger partial charge in [-0.2, -0.15) is 5.10 Å². The summed E-state index contributed by atoms with van der Waals surface area (Å²) < 4.78 is 1.76. The molecule has 24 heavy (non-hydrogen) atoms. The number of carbonyl (C=O) groups is 1. The Labute approximate surface area is 140 Å². The maximum absolute atomic E-state index is 11.0. The lowest BCUT2D eigenvalue weighted by atomic mass is 10.1. The summed E-state index contributed by atoms with van der Waals surface area (Å²) in [7, 11) is 0. The number of carbonyl (C=O) groups excluding carboxylic acids is 1. The van der Waals surface area contributed by atoms with Crippen LogP contribution in [0, 0.1) is 27.7 Å². The van der Waals surface area contributed by atoms with Crippen molar-refractivity contribution >= 4 is 23.4 Å². The number of amidine groups is 1. The number of aromatic nitrogens is 3. The summed E-state index contributed by atoms with van der Waals surface area (Å²) in [5.74, 6) is 0.415. The number of nitrogens with zero attached hydrogens (tertiary/aromatic N) is 4. The number of hydrogen-bond acceptors (Lipinski definition) is 4. The predicted molar refractivity (Wildman–Crippen MR) is 93.8 cm³/mol. The molecule has 0 aliphatic rings. The highest BCUT2D eigenvalue weighted by Gasteiger charge is 2.12. The summed E-state index contributed by atoms with van der Waals surface area (Å²) in [5.41, 5.74) is 6.25. The zero-order valence-electron chi connectivity index (χ0n) is 14.2. The van der Waals surface area contributed by atoms with Gasteiger partial charge >= 0.3 is 0 Å². The van der Waals surface area contributed by atoms with Gasteiger partial charge in [-0.3, -0.25) is 9.78 Å². The molecular formula is C18H19N5O. The second kappa shape index (κ2) is 6.23. The lowest BCUT2D eigenvalue weighted by molar-refractivity contribution is -0.108. The molecule has 0 radical (unpaired) electrons. The van der Waals surface area contributed by atoms with E-state index in [9.17, 15) is 4.79 Å². The second-order valence-electron chi connectivity index (χ2n) is 5.84. The molecule has 0 aliphatic carbocycles. The molecule has 1 aromatic carbocycles. The molecule has 0 saturated heterocycles. The Balaban J connectivity index is 2.12. The van der Waals surface area contributed by atoms with Crippen LogP contribution in [0.4, 0.5) is 5.69 Å². The molecule has 2 aromatic heterocycles. The number of aliphatic imine (C=N–C) groups is 1. The van der Waals surface area contributed by atoms with Gasteiger partial charge in [-0.25, -0.2) is 9.51 Å². The van der Waals surface area contributed by atoms with E-state index in [1.54, 1.807) is 4.52 Å². The van der Waals surface area contributed by atoms with Crippen LogP contribution in [-0.4, -0.2) is 26.8 Å².